The maximum absolute atomic E-state index is 12.0. The van der Waals surface area contributed by atoms with E-state index in [1.807, 2.05) is 55.5 Å². The average Bonchev–Trinajstić information content (AvgIpc) is 2.62. The van der Waals surface area contributed by atoms with E-state index >= 15 is 0 Å². The summed E-state index contributed by atoms with van der Waals surface area (Å²) in [4.78, 5) is 23.3. The van der Waals surface area contributed by atoms with Gasteiger partial charge in [-0.15, -0.1) is 0 Å². The highest BCUT2D eigenvalue weighted by molar-refractivity contribution is 5.83. The van der Waals surface area contributed by atoms with Gasteiger partial charge < -0.3 is 10.1 Å². The maximum atomic E-state index is 12.0. The normalized spacial score (nSPS) is 12.0. The molecule has 2 rings (SSSR count). The molecule has 0 saturated heterocycles. The van der Waals surface area contributed by atoms with Gasteiger partial charge in [-0.2, -0.15) is 10.2 Å². The number of esters is 1. The highest BCUT2D eigenvalue weighted by atomic mass is 16.5. The molecule has 6 heteroatoms. The molecule has 6 nitrogen and oxygen atoms in total. The van der Waals surface area contributed by atoms with Crippen LogP contribution in [0.5, 0.6) is 0 Å². The topological polar surface area (TPSA) is 80.1 Å². The third kappa shape index (κ3) is 6.12. The van der Waals surface area contributed by atoms with Gasteiger partial charge in [-0.25, -0.2) is 4.79 Å². The van der Waals surface area contributed by atoms with Crippen molar-refractivity contribution in [1.82, 2.24) is 5.32 Å². The molecular weight excluding hydrogens is 330 g/mol. The average molecular weight is 353 g/mol. The molecule has 1 atom stereocenters. The first-order chi connectivity index (χ1) is 12.5. The molecule has 0 aliphatic carbocycles. The fourth-order valence-corrected chi connectivity index (χ4v) is 2.34. The van der Waals surface area contributed by atoms with Gasteiger partial charge in [-0.3, -0.25) is 4.79 Å². The van der Waals surface area contributed by atoms with Crippen LogP contribution in [0.3, 0.4) is 0 Å². The molecule has 0 radical (unpaired) electrons. The third-order valence-electron chi connectivity index (χ3n) is 3.64. The molecule has 0 heterocycles. The monoisotopic (exact) mass is 353 g/mol. The zero-order chi connectivity index (χ0) is 18.9. The Hall–Kier alpha value is -3.02. The first-order valence-corrected chi connectivity index (χ1v) is 8.49. The number of carbonyl (C=O) groups excluding carboxylic acids is 2. The van der Waals surface area contributed by atoms with Crippen LogP contribution < -0.4 is 5.32 Å². The molecule has 0 bridgehead atoms. The number of amides is 1. The van der Waals surface area contributed by atoms with E-state index in [2.05, 4.69) is 15.5 Å². The molecule has 26 heavy (non-hydrogen) atoms. The number of carbonyl (C=O) groups is 2. The molecule has 136 valence electrons. The van der Waals surface area contributed by atoms with Crippen LogP contribution in [0.2, 0.25) is 0 Å². The second-order valence-corrected chi connectivity index (χ2v) is 5.91. The second kappa shape index (κ2) is 9.46. The van der Waals surface area contributed by atoms with Gasteiger partial charge in [0.1, 0.15) is 6.04 Å². The number of rotatable bonds is 7. The summed E-state index contributed by atoms with van der Waals surface area (Å²) in [5.41, 5.74) is 3.56. The highest BCUT2D eigenvalue weighted by Gasteiger charge is 2.21. The Morgan fingerprint density at radius 3 is 2.04 bits per heavy atom. The molecule has 0 spiro atoms. The van der Waals surface area contributed by atoms with Crippen LogP contribution >= 0.6 is 0 Å². The smallest absolute Gasteiger partial charge is 0.328 e. The molecule has 0 saturated carbocycles. The standard InChI is InChI=1S/C20H23N3O3/c1-4-26-20(25)19(21-15(3)24)13-16-7-11-18(12-8-16)23-22-17-9-5-14(2)6-10-17/h5-12,19H,4,13H2,1-3H3,(H,21,24)/t19-/m0/s1. The Morgan fingerprint density at radius 1 is 1.00 bits per heavy atom. The summed E-state index contributed by atoms with van der Waals surface area (Å²) in [6, 6.07) is 14.4. The van der Waals surface area contributed by atoms with Crippen LogP contribution in [0.15, 0.2) is 58.8 Å². The summed E-state index contributed by atoms with van der Waals surface area (Å²) in [6.07, 6.45) is 0.355. The van der Waals surface area contributed by atoms with Crippen LogP contribution in [-0.4, -0.2) is 24.5 Å². The summed E-state index contributed by atoms with van der Waals surface area (Å²) >= 11 is 0. The van der Waals surface area contributed by atoms with Gasteiger partial charge in [0.25, 0.3) is 0 Å². The van der Waals surface area contributed by atoms with Crippen molar-refractivity contribution in [2.24, 2.45) is 10.2 Å². The van der Waals surface area contributed by atoms with E-state index < -0.39 is 12.0 Å². The SMILES string of the molecule is CCOC(=O)[C@H](Cc1ccc(N=Nc2ccc(C)cc2)cc1)NC(C)=O. The summed E-state index contributed by atoms with van der Waals surface area (Å²) in [6.45, 7) is 5.40. The predicted octanol–water partition coefficient (Wildman–Crippen LogP) is 4.02. The zero-order valence-electron chi connectivity index (χ0n) is 15.2. The molecule has 0 unspecified atom stereocenters. The summed E-state index contributed by atoms with van der Waals surface area (Å²) in [5, 5.41) is 11.0. The van der Waals surface area contributed by atoms with Gasteiger partial charge in [0.15, 0.2) is 0 Å². The summed E-state index contributed by atoms with van der Waals surface area (Å²) in [7, 11) is 0. The maximum Gasteiger partial charge on any atom is 0.328 e. The van der Waals surface area contributed by atoms with E-state index in [1.54, 1.807) is 6.92 Å². The van der Waals surface area contributed by atoms with Crippen LogP contribution in [0.25, 0.3) is 0 Å². The molecule has 0 aliphatic heterocycles. The van der Waals surface area contributed by atoms with Crippen molar-refractivity contribution in [3.63, 3.8) is 0 Å². The van der Waals surface area contributed by atoms with E-state index in [4.69, 9.17) is 4.74 Å². The minimum atomic E-state index is -0.701. The zero-order valence-corrected chi connectivity index (χ0v) is 15.2. The van der Waals surface area contributed by atoms with Gasteiger partial charge in [-0.05, 0) is 43.7 Å². The molecule has 1 amide bonds. The van der Waals surface area contributed by atoms with Crippen LogP contribution in [0, 0.1) is 6.92 Å². The van der Waals surface area contributed by atoms with Crippen LogP contribution in [0.4, 0.5) is 11.4 Å². The van der Waals surface area contributed by atoms with Crippen LogP contribution in [0.1, 0.15) is 25.0 Å². The number of ether oxygens (including phenoxy) is 1. The third-order valence-corrected chi connectivity index (χ3v) is 3.64. The number of hydrogen-bond acceptors (Lipinski definition) is 5. The van der Waals surface area contributed by atoms with E-state index in [-0.39, 0.29) is 12.5 Å². The van der Waals surface area contributed by atoms with Gasteiger partial charge in [0.05, 0.1) is 18.0 Å². The minimum absolute atomic E-state index is 0.271. The fraction of sp³-hybridized carbons (Fsp3) is 0.300. The van der Waals surface area contributed by atoms with Crippen molar-refractivity contribution in [2.75, 3.05) is 6.61 Å². The van der Waals surface area contributed by atoms with Crippen molar-refractivity contribution < 1.29 is 14.3 Å². The largest absolute Gasteiger partial charge is 0.464 e. The van der Waals surface area contributed by atoms with E-state index in [0.717, 1.165) is 11.3 Å². The number of hydrogen-bond donors (Lipinski definition) is 1. The summed E-state index contributed by atoms with van der Waals surface area (Å²) in [5.74, 6) is -0.711. The lowest BCUT2D eigenvalue weighted by molar-refractivity contribution is -0.147. The van der Waals surface area contributed by atoms with Crippen molar-refractivity contribution >= 4 is 23.3 Å². The lowest BCUT2D eigenvalue weighted by Gasteiger charge is -2.16. The van der Waals surface area contributed by atoms with Gasteiger partial charge >= 0.3 is 5.97 Å². The molecule has 0 aliphatic rings. The number of aryl methyl sites for hydroxylation is 1. The summed E-state index contributed by atoms with van der Waals surface area (Å²) < 4.78 is 5.01. The Kier molecular flexibility index (Phi) is 7.02. The van der Waals surface area contributed by atoms with Crippen molar-refractivity contribution in [3.8, 4) is 0 Å². The number of azo groups is 1. The number of nitrogens with one attached hydrogen (secondary N) is 1. The molecular formula is C20H23N3O3. The highest BCUT2D eigenvalue weighted by Crippen LogP contribution is 2.19. The van der Waals surface area contributed by atoms with Crippen LogP contribution in [-0.2, 0) is 20.7 Å². The van der Waals surface area contributed by atoms with Gasteiger partial charge in [0, 0.05) is 13.3 Å². The Balaban J connectivity index is 2.03. The van der Waals surface area contributed by atoms with E-state index in [0.29, 0.717) is 12.1 Å². The first-order valence-electron chi connectivity index (χ1n) is 8.49. The van der Waals surface area contributed by atoms with Crippen molar-refractivity contribution in [2.45, 2.75) is 33.2 Å². The fourth-order valence-electron chi connectivity index (χ4n) is 2.34. The molecule has 2 aromatic carbocycles. The quantitative estimate of drug-likeness (QED) is 0.603. The Labute approximate surface area is 153 Å². The Morgan fingerprint density at radius 2 is 1.54 bits per heavy atom. The molecule has 0 fully saturated rings. The predicted molar refractivity (Wildman–Crippen MR) is 99.7 cm³/mol. The lowest BCUT2D eigenvalue weighted by Crippen LogP contribution is -2.42. The molecule has 0 aromatic heterocycles. The minimum Gasteiger partial charge on any atom is -0.464 e. The lowest BCUT2D eigenvalue weighted by atomic mass is 10.1. The van der Waals surface area contributed by atoms with E-state index in [1.165, 1.54) is 12.5 Å². The molecule has 1 N–H and O–H groups in total. The van der Waals surface area contributed by atoms with Gasteiger partial charge in [0.2, 0.25) is 5.91 Å². The first kappa shape index (κ1) is 19.3. The van der Waals surface area contributed by atoms with Crippen molar-refractivity contribution in [3.05, 3.63) is 59.7 Å². The van der Waals surface area contributed by atoms with Gasteiger partial charge in [-0.1, -0.05) is 29.8 Å². The number of benzene rings is 2. The Bertz CT molecular complexity index is 768. The number of nitrogens with zero attached hydrogens (tertiary/aromatic N) is 2. The second-order valence-electron chi connectivity index (χ2n) is 5.91. The van der Waals surface area contributed by atoms with E-state index in [9.17, 15) is 9.59 Å². The molecule has 2 aromatic rings. The van der Waals surface area contributed by atoms with Crippen molar-refractivity contribution in [1.29, 1.82) is 0 Å².